The molecule has 0 N–H and O–H groups in total. The molecule has 0 amide bonds. The predicted octanol–water partition coefficient (Wildman–Crippen LogP) is 5.43. The lowest BCUT2D eigenvalue weighted by Gasteiger charge is -2.07. The zero-order valence-electron chi connectivity index (χ0n) is 10.6. The van der Waals surface area contributed by atoms with Gasteiger partial charge in [0.15, 0.2) is 5.76 Å². The number of rotatable bonds is 4. The number of nitrogens with zero attached hydrogens (tertiary/aromatic N) is 2. The minimum atomic E-state index is -2.80. The number of halogens is 4. The van der Waals surface area contributed by atoms with Gasteiger partial charge in [0.1, 0.15) is 17.3 Å². The van der Waals surface area contributed by atoms with Crippen LogP contribution in [0.5, 0.6) is 10.9 Å². The third-order valence-corrected chi connectivity index (χ3v) is 3.98. The first-order chi connectivity index (χ1) is 10.5. The zero-order valence-corrected chi connectivity index (χ0v) is 13.0. The third kappa shape index (κ3) is 3.00. The van der Waals surface area contributed by atoms with E-state index in [2.05, 4.69) is 26.1 Å². The van der Waals surface area contributed by atoms with Gasteiger partial charge in [0.05, 0.1) is 15.5 Å². The van der Waals surface area contributed by atoms with Crippen molar-refractivity contribution in [3.8, 4) is 22.3 Å². The molecule has 22 heavy (non-hydrogen) atoms. The quantitative estimate of drug-likeness (QED) is 0.595. The van der Waals surface area contributed by atoms with Crippen molar-refractivity contribution in [1.82, 2.24) is 10.1 Å². The van der Waals surface area contributed by atoms with Crippen LogP contribution in [0.3, 0.4) is 0 Å². The first-order valence-electron chi connectivity index (χ1n) is 5.87. The van der Waals surface area contributed by atoms with E-state index in [1.165, 1.54) is 35.7 Å². The second-order valence-corrected chi connectivity index (χ2v) is 6.43. The maximum Gasteiger partial charge on any atom is 0.283 e. The van der Waals surface area contributed by atoms with Gasteiger partial charge in [-0.25, -0.2) is 18.2 Å². The molecular weight excluding hydrogens is 385 g/mol. The van der Waals surface area contributed by atoms with E-state index in [1.54, 1.807) is 0 Å². The maximum absolute atomic E-state index is 14.1. The van der Waals surface area contributed by atoms with Gasteiger partial charge in [-0.3, -0.25) is 0 Å². The molecule has 0 saturated carbocycles. The highest BCUT2D eigenvalue weighted by atomic mass is 79.9. The second-order valence-electron chi connectivity index (χ2n) is 4.06. The summed E-state index contributed by atoms with van der Waals surface area (Å²) >= 11 is 4.43. The molecule has 114 valence electrons. The summed E-state index contributed by atoms with van der Waals surface area (Å²) in [6.45, 7) is 0. The average Bonchev–Trinajstić information content (AvgIpc) is 3.08. The van der Waals surface area contributed by atoms with E-state index in [9.17, 15) is 13.2 Å². The van der Waals surface area contributed by atoms with Gasteiger partial charge >= 0.3 is 0 Å². The average molecular weight is 391 g/mol. The molecular formula is C13H6BrF3N2O2S. The van der Waals surface area contributed by atoms with E-state index in [0.29, 0.717) is 0 Å². The minimum Gasteiger partial charge on any atom is -0.430 e. The van der Waals surface area contributed by atoms with Gasteiger partial charge in [-0.1, -0.05) is 22.6 Å². The lowest BCUT2D eigenvalue weighted by molar-refractivity contribution is 0.140. The molecule has 0 unspecified atom stereocenters. The monoisotopic (exact) mass is 390 g/mol. The molecule has 0 spiro atoms. The molecule has 9 heteroatoms. The summed E-state index contributed by atoms with van der Waals surface area (Å²) in [6, 6.07) is 5.07. The Balaban J connectivity index is 2.02. The Kier molecular flexibility index (Phi) is 4.16. The Hall–Kier alpha value is -1.87. The lowest BCUT2D eigenvalue weighted by atomic mass is 10.1. The Bertz CT molecular complexity index is 806. The second kappa shape index (κ2) is 6.09. The fourth-order valence-electron chi connectivity index (χ4n) is 1.72. The van der Waals surface area contributed by atoms with Crippen LogP contribution in [0, 0.1) is 5.82 Å². The lowest BCUT2D eigenvalue weighted by Crippen LogP contribution is -1.90. The summed E-state index contributed by atoms with van der Waals surface area (Å²) in [5, 5.41) is 3.49. The van der Waals surface area contributed by atoms with Crippen molar-refractivity contribution in [2.24, 2.45) is 0 Å². The van der Waals surface area contributed by atoms with Crippen LogP contribution in [0.25, 0.3) is 11.3 Å². The molecule has 0 aliphatic carbocycles. The molecule has 1 aromatic carbocycles. The third-order valence-electron chi connectivity index (χ3n) is 2.63. The molecule has 0 radical (unpaired) electrons. The van der Waals surface area contributed by atoms with Gasteiger partial charge in [-0.15, -0.1) is 0 Å². The Morgan fingerprint density at radius 1 is 1.32 bits per heavy atom. The van der Waals surface area contributed by atoms with Crippen molar-refractivity contribution in [3.05, 3.63) is 45.8 Å². The molecule has 0 saturated heterocycles. The van der Waals surface area contributed by atoms with Crippen LogP contribution in [0.2, 0.25) is 0 Å². The van der Waals surface area contributed by atoms with Crippen LogP contribution in [-0.4, -0.2) is 10.1 Å². The number of hydrogen-bond acceptors (Lipinski definition) is 5. The molecule has 0 atom stereocenters. The van der Waals surface area contributed by atoms with Gasteiger partial charge in [0.25, 0.3) is 11.6 Å². The van der Waals surface area contributed by atoms with Crippen molar-refractivity contribution >= 4 is 27.3 Å². The molecule has 0 fully saturated rings. The summed E-state index contributed by atoms with van der Waals surface area (Å²) in [5.74, 6) is -0.720. The standard InChI is InChI=1S/C13H6BrF3N2O2S/c14-10-5-18-13(22-10)20-8-3-1-2-6(15)11(8)9-4-7(12(16)17)19-21-9/h1-5,12H. The zero-order chi connectivity index (χ0) is 15.7. The number of alkyl halides is 2. The molecule has 0 aliphatic rings. The molecule has 3 rings (SSSR count). The molecule has 3 aromatic rings. The van der Waals surface area contributed by atoms with Gasteiger partial charge < -0.3 is 9.26 Å². The Morgan fingerprint density at radius 3 is 2.77 bits per heavy atom. The van der Waals surface area contributed by atoms with E-state index in [0.717, 1.165) is 9.85 Å². The van der Waals surface area contributed by atoms with Crippen LogP contribution in [0.1, 0.15) is 12.1 Å². The van der Waals surface area contributed by atoms with E-state index < -0.39 is 17.9 Å². The Morgan fingerprint density at radius 2 is 2.14 bits per heavy atom. The van der Waals surface area contributed by atoms with Crippen molar-refractivity contribution in [1.29, 1.82) is 0 Å². The molecule has 2 aromatic heterocycles. The fourth-order valence-corrected chi connectivity index (χ4v) is 2.75. The first kappa shape index (κ1) is 15.0. The minimum absolute atomic E-state index is 0.0896. The fraction of sp³-hybridized carbons (Fsp3) is 0.0769. The number of aromatic nitrogens is 2. The van der Waals surface area contributed by atoms with Crippen LogP contribution in [0.4, 0.5) is 13.2 Å². The highest BCUT2D eigenvalue weighted by Gasteiger charge is 2.21. The normalized spacial score (nSPS) is 11.1. The van der Waals surface area contributed by atoms with Gasteiger partial charge in [-0.2, -0.15) is 0 Å². The number of ether oxygens (including phenoxy) is 1. The van der Waals surface area contributed by atoms with E-state index in [1.807, 2.05) is 0 Å². The van der Waals surface area contributed by atoms with Crippen LogP contribution >= 0.6 is 27.3 Å². The van der Waals surface area contributed by atoms with Crippen LogP contribution in [-0.2, 0) is 0 Å². The van der Waals surface area contributed by atoms with Crippen LogP contribution in [0.15, 0.2) is 38.8 Å². The smallest absolute Gasteiger partial charge is 0.283 e. The SMILES string of the molecule is Fc1cccc(Oc2ncc(Br)s2)c1-c1cc(C(F)F)no1. The maximum atomic E-state index is 14.1. The van der Waals surface area contributed by atoms with Gasteiger partial charge in [0.2, 0.25) is 0 Å². The van der Waals surface area contributed by atoms with Crippen molar-refractivity contribution in [2.45, 2.75) is 6.43 Å². The summed E-state index contributed by atoms with van der Waals surface area (Å²) in [7, 11) is 0. The van der Waals surface area contributed by atoms with E-state index >= 15 is 0 Å². The first-order valence-corrected chi connectivity index (χ1v) is 7.48. The van der Waals surface area contributed by atoms with Gasteiger partial charge in [0, 0.05) is 6.07 Å². The van der Waals surface area contributed by atoms with E-state index in [4.69, 9.17) is 9.26 Å². The van der Waals surface area contributed by atoms with E-state index in [-0.39, 0.29) is 22.3 Å². The number of benzene rings is 1. The predicted molar refractivity (Wildman–Crippen MR) is 76.7 cm³/mol. The largest absolute Gasteiger partial charge is 0.430 e. The molecule has 2 heterocycles. The topological polar surface area (TPSA) is 48.2 Å². The summed E-state index contributed by atoms with van der Waals surface area (Å²) in [4.78, 5) is 3.97. The highest BCUT2D eigenvalue weighted by molar-refractivity contribution is 9.11. The number of hydrogen-bond donors (Lipinski definition) is 0. The summed E-state index contributed by atoms with van der Waals surface area (Å²) in [5.41, 5.74) is -0.658. The summed E-state index contributed by atoms with van der Waals surface area (Å²) in [6.07, 6.45) is -1.27. The Labute approximate surface area is 134 Å². The molecule has 4 nitrogen and oxygen atoms in total. The van der Waals surface area contributed by atoms with Crippen molar-refractivity contribution in [2.75, 3.05) is 0 Å². The molecule has 0 bridgehead atoms. The highest BCUT2D eigenvalue weighted by Crippen LogP contribution is 2.38. The van der Waals surface area contributed by atoms with Crippen molar-refractivity contribution in [3.63, 3.8) is 0 Å². The molecule has 0 aliphatic heterocycles. The van der Waals surface area contributed by atoms with Crippen LogP contribution < -0.4 is 4.74 Å². The van der Waals surface area contributed by atoms with Crippen molar-refractivity contribution < 1.29 is 22.4 Å². The number of thiazole rings is 1. The van der Waals surface area contributed by atoms with Gasteiger partial charge in [-0.05, 0) is 28.1 Å². The summed E-state index contributed by atoms with van der Waals surface area (Å²) < 4.78 is 50.3.